The average Bonchev–Trinajstić information content (AvgIpc) is 3.51. The minimum Gasteiger partial charge on any atom is -0.147 e. The van der Waals surface area contributed by atoms with Crippen molar-refractivity contribution in [2.24, 2.45) is 0 Å². The molecule has 12 aromatic carbocycles. The topological polar surface area (TPSA) is 0 Å². The van der Waals surface area contributed by atoms with Crippen molar-refractivity contribution in [3.05, 3.63) is 364 Å². The molecule has 0 saturated heterocycles. The summed E-state index contributed by atoms with van der Waals surface area (Å²) in [6.45, 7) is 0. The van der Waals surface area contributed by atoms with E-state index in [1.807, 2.05) is 0 Å². The van der Waals surface area contributed by atoms with Crippen LogP contribution in [0.15, 0.2) is 364 Å². The van der Waals surface area contributed by atoms with Gasteiger partial charge in [0.05, 0.1) is 0 Å². The Morgan fingerprint density at radius 3 is 0.231 bits per heavy atom. The first-order valence-electron chi connectivity index (χ1n) is 25.6. The molecule has 0 aliphatic carbocycles. The van der Waals surface area contributed by atoms with Gasteiger partial charge in [-0.25, -0.2) is 0 Å². The average molecular weight is 1120 g/mol. The molecule has 0 bridgehead atoms. The van der Waals surface area contributed by atoms with Crippen molar-refractivity contribution in [3.63, 3.8) is 0 Å². The summed E-state index contributed by atoms with van der Waals surface area (Å²) >= 11 is 0. The number of hydrogen-bond acceptors (Lipinski definition) is 0. The molecule has 0 aliphatic heterocycles. The third-order valence-electron chi connectivity index (χ3n) is 12.2. The van der Waals surface area contributed by atoms with E-state index in [1.165, 1.54) is 63.7 Å². The van der Waals surface area contributed by atoms with Crippen LogP contribution in [-0.4, -0.2) is 0 Å². The van der Waals surface area contributed by atoms with E-state index in [-0.39, 0.29) is 24.8 Å². The van der Waals surface area contributed by atoms with Crippen LogP contribution < -0.4 is 63.7 Å². The molecule has 0 unspecified atom stereocenters. The first kappa shape index (κ1) is 58.6. The Morgan fingerprint density at radius 1 is 0.103 bits per heavy atom. The molecule has 0 aromatic heterocycles. The van der Waals surface area contributed by atoms with Crippen molar-refractivity contribution in [1.29, 1.82) is 0 Å². The summed E-state index contributed by atoms with van der Waals surface area (Å²) in [5, 5.41) is 16.8. The fraction of sp³-hybridized carbons (Fsp3) is 0. The highest BCUT2D eigenvalue weighted by Gasteiger charge is 2.18. The normalized spacial score (nSPS) is 10.3. The number of benzene rings is 12. The van der Waals surface area contributed by atoms with Crippen LogP contribution in [0, 0.1) is 0 Å². The Kier molecular flexibility index (Phi) is 24.5. The van der Waals surface area contributed by atoms with E-state index < -0.39 is 31.7 Å². The molecule has 0 spiro atoms. The van der Waals surface area contributed by atoms with Crippen LogP contribution in [0.5, 0.6) is 0 Å². The monoisotopic (exact) mass is 1120 g/mol. The second kappa shape index (κ2) is 32.6. The Labute approximate surface area is 480 Å². The Bertz CT molecular complexity index is 2580. The molecule has 0 amide bonds. The van der Waals surface area contributed by atoms with Crippen LogP contribution in [0.25, 0.3) is 0 Å². The van der Waals surface area contributed by atoms with E-state index in [0.717, 1.165) is 0 Å². The highest BCUT2D eigenvalue weighted by atomic mass is 35.5. The molecule has 0 aliphatic rings. The third-order valence-corrected chi connectivity index (χ3v) is 21.9. The zero-order valence-corrected chi connectivity index (χ0v) is 48.5. The van der Waals surface area contributed by atoms with Gasteiger partial charge in [0.25, 0.3) is 0 Å². The van der Waals surface area contributed by atoms with Crippen molar-refractivity contribution >= 4 is 120 Å². The molecule has 12 rings (SSSR count). The SMILES string of the molecule is Cl.Cl.c1ccc(P(c2ccccc2)c2ccccc2)cc1.c1ccc(P(c2ccccc2)c2ccccc2)cc1.c1ccc(P(c2ccccc2)c2ccccc2)cc1.c1ccc(P(c2ccccc2)c2ccccc2)cc1. The molecule has 0 nitrogen and oxygen atoms in total. The van der Waals surface area contributed by atoms with Crippen LogP contribution in [0.3, 0.4) is 0 Å². The Hall–Kier alpha value is -7.06. The van der Waals surface area contributed by atoms with Crippen molar-refractivity contribution in [3.8, 4) is 0 Å². The van der Waals surface area contributed by atoms with Crippen LogP contribution in [0.4, 0.5) is 0 Å². The summed E-state index contributed by atoms with van der Waals surface area (Å²) in [6, 6.07) is 129. The zero-order chi connectivity index (χ0) is 51.7. The van der Waals surface area contributed by atoms with E-state index >= 15 is 0 Å². The lowest BCUT2D eigenvalue weighted by Crippen LogP contribution is -2.20. The summed E-state index contributed by atoms with van der Waals surface area (Å²) in [6.07, 6.45) is 0. The molecule has 384 valence electrons. The Balaban J connectivity index is 0.000000149. The van der Waals surface area contributed by atoms with Gasteiger partial charge >= 0.3 is 0 Å². The summed E-state index contributed by atoms with van der Waals surface area (Å²) in [5.74, 6) is 0. The number of rotatable bonds is 12. The Morgan fingerprint density at radius 2 is 0.167 bits per heavy atom. The summed E-state index contributed by atoms with van der Waals surface area (Å²) in [7, 11) is -1.78. The molecule has 0 saturated carbocycles. The molecule has 0 atom stereocenters. The van der Waals surface area contributed by atoms with E-state index in [0.29, 0.717) is 0 Å². The predicted molar refractivity (Wildman–Crippen MR) is 355 cm³/mol. The highest BCUT2D eigenvalue weighted by Crippen LogP contribution is 2.35. The van der Waals surface area contributed by atoms with Gasteiger partial charge in [-0.15, -0.1) is 24.8 Å². The lowest BCUT2D eigenvalue weighted by Gasteiger charge is -2.18. The third kappa shape index (κ3) is 17.0. The first-order chi connectivity index (χ1) is 37.8. The quantitative estimate of drug-likeness (QED) is 0.107. The lowest BCUT2D eigenvalue weighted by molar-refractivity contribution is 1.74. The van der Waals surface area contributed by atoms with Crippen molar-refractivity contribution in [2.45, 2.75) is 0 Å². The van der Waals surface area contributed by atoms with Gasteiger partial charge in [0, 0.05) is 0 Å². The minimum absolute atomic E-state index is 0. The molecule has 0 N–H and O–H groups in total. The van der Waals surface area contributed by atoms with Gasteiger partial charge in [-0.2, -0.15) is 0 Å². The fourth-order valence-corrected chi connectivity index (χ4v) is 17.9. The van der Waals surface area contributed by atoms with E-state index in [1.54, 1.807) is 0 Å². The van der Waals surface area contributed by atoms with Crippen LogP contribution >= 0.6 is 56.5 Å². The summed E-state index contributed by atoms with van der Waals surface area (Å²) in [4.78, 5) is 0. The fourth-order valence-electron chi connectivity index (χ4n) is 8.71. The highest BCUT2D eigenvalue weighted by molar-refractivity contribution is 7.81. The largest absolute Gasteiger partial charge is 0.147 e. The summed E-state index contributed by atoms with van der Waals surface area (Å²) < 4.78 is 0. The molecule has 0 radical (unpaired) electrons. The van der Waals surface area contributed by atoms with Crippen LogP contribution in [-0.2, 0) is 0 Å². The van der Waals surface area contributed by atoms with E-state index in [9.17, 15) is 0 Å². The first-order valence-corrected chi connectivity index (χ1v) is 31.0. The van der Waals surface area contributed by atoms with Crippen LogP contribution in [0.2, 0.25) is 0 Å². The second-order valence-corrected chi connectivity index (χ2v) is 26.2. The number of halogens is 2. The van der Waals surface area contributed by atoms with Crippen molar-refractivity contribution < 1.29 is 0 Å². The van der Waals surface area contributed by atoms with Gasteiger partial charge in [-0.05, 0) is 95.3 Å². The maximum absolute atomic E-state index is 2.23. The molecule has 0 heterocycles. The molecule has 12 aromatic rings. The van der Waals surface area contributed by atoms with Gasteiger partial charge in [-0.1, -0.05) is 364 Å². The van der Waals surface area contributed by atoms with E-state index in [2.05, 4.69) is 364 Å². The standard InChI is InChI=1S/4C18H15P.2ClH/c4*1-4-10-16(11-5-1)19(17-12-6-2-7-13-17)18-14-8-3-9-15-18;;/h4*1-15H;2*1H. The molecule has 0 fully saturated rings. The van der Waals surface area contributed by atoms with Gasteiger partial charge in [0.1, 0.15) is 0 Å². The van der Waals surface area contributed by atoms with Crippen molar-refractivity contribution in [1.82, 2.24) is 0 Å². The lowest BCUT2D eigenvalue weighted by atomic mass is 10.4. The van der Waals surface area contributed by atoms with Crippen molar-refractivity contribution in [2.75, 3.05) is 0 Å². The van der Waals surface area contributed by atoms with E-state index in [4.69, 9.17) is 0 Å². The zero-order valence-electron chi connectivity index (χ0n) is 43.2. The minimum atomic E-state index is -0.446. The predicted octanol–water partition coefficient (Wildman–Crippen LogP) is 14.6. The molecule has 78 heavy (non-hydrogen) atoms. The smallest absolute Gasteiger partial charge is 0.0134 e. The second-order valence-electron chi connectivity index (χ2n) is 17.4. The van der Waals surface area contributed by atoms with Crippen LogP contribution in [0.1, 0.15) is 0 Å². The molecular formula is C72H62Cl2P4. The maximum Gasteiger partial charge on any atom is -0.0134 e. The molecule has 6 heteroatoms. The summed E-state index contributed by atoms with van der Waals surface area (Å²) in [5.41, 5.74) is 0. The van der Waals surface area contributed by atoms with Gasteiger partial charge in [0.15, 0.2) is 0 Å². The number of hydrogen-bond donors (Lipinski definition) is 0. The maximum atomic E-state index is 2.23. The van der Waals surface area contributed by atoms with Gasteiger partial charge < -0.3 is 0 Å². The van der Waals surface area contributed by atoms with Gasteiger partial charge in [-0.3, -0.25) is 0 Å². The van der Waals surface area contributed by atoms with Gasteiger partial charge in [0.2, 0.25) is 0 Å². The molecular weight excluding hydrogens is 1060 g/mol.